The largest absolute Gasteiger partial charge is 0.394 e. The first-order valence-electron chi connectivity index (χ1n) is 5.03. The molecular weight excluding hydrogens is 190 g/mol. The number of carbonyl (C=O) groups is 1. The minimum atomic E-state index is -0.211. The number of benzene rings is 1. The monoisotopic (exact) mass is 207 g/mol. The van der Waals surface area contributed by atoms with Crippen molar-refractivity contribution in [1.29, 1.82) is 0 Å². The van der Waals surface area contributed by atoms with E-state index in [1.165, 1.54) is 0 Å². The van der Waals surface area contributed by atoms with Crippen LogP contribution in [0.1, 0.15) is 28.4 Å². The van der Waals surface area contributed by atoms with E-state index >= 15 is 0 Å². The second kappa shape index (κ2) is 4.94. The topological polar surface area (TPSA) is 49.3 Å². The van der Waals surface area contributed by atoms with E-state index in [4.69, 9.17) is 5.11 Å². The van der Waals surface area contributed by atoms with Gasteiger partial charge in [0, 0.05) is 11.6 Å². The summed E-state index contributed by atoms with van der Waals surface area (Å²) >= 11 is 0. The molecule has 2 N–H and O–H groups in total. The summed E-state index contributed by atoms with van der Waals surface area (Å²) in [4.78, 5) is 11.8. The summed E-state index contributed by atoms with van der Waals surface area (Å²) < 4.78 is 0. The number of aliphatic hydroxyl groups excluding tert-OH is 1. The zero-order valence-electron chi connectivity index (χ0n) is 9.37. The van der Waals surface area contributed by atoms with Crippen molar-refractivity contribution in [2.75, 3.05) is 6.61 Å². The molecule has 1 aromatic rings. The molecule has 1 rings (SSSR count). The van der Waals surface area contributed by atoms with Crippen LogP contribution in [-0.2, 0) is 0 Å². The molecule has 1 amide bonds. The standard InChI is InChI=1S/C12H17NO2/c1-8-4-5-9(2)11(6-8)12(15)13-10(3)7-14/h4-6,10,14H,7H2,1-3H3,(H,13,15). The Morgan fingerprint density at radius 3 is 2.73 bits per heavy atom. The second-order valence-corrected chi connectivity index (χ2v) is 3.88. The predicted molar refractivity (Wildman–Crippen MR) is 59.9 cm³/mol. The van der Waals surface area contributed by atoms with Crippen molar-refractivity contribution in [3.63, 3.8) is 0 Å². The van der Waals surface area contributed by atoms with Gasteiger partial charge in [-0.2, -0.15) is 0 Å². The molecule has 3 heteroatoms. The van der Waals surface area contributed by atoms with Crippen LogP contribution in [-0.4, -0.2) is 23.7 Å². The molecule has 1 atom stereocenters. The number of amides is 1. The van der Waals surface area contributed by atoms with Crippen molar-refractivity contribution < 1.29 is 9.90 Å². The zero-order chi connectivity index (χ0) is 11.4. The summed E-state index contributed by atoms with van der Waals surface area (Å²) in [6.07, 6.45) is 0. The fourth-order valence-corrected chi connectivity index (χ4v) is 1.33. The molecule has 0 aliphatic heterocycles. The Kier molecular flexibility index (Phi) is 3.86. The van der Waals surface area contributed by atoms with Crippen LogP contribution in [0.25, 0.3) is 0 Å². The van der Waals surface area contributed by atoms with Crippen LogP contribution in [0.3, 0.4) is 0 Å². The number of aryl methyl sites for hydroxylation is 2. The molecule has 0 radical (unpaired) electrons. The van der Waals surface area contributed by atoms with Crippen LogP contribution < -0.4 is 5.32 Å². The molecule has 1 aromatic carbocycles. The fraction of sp³-hybridized carbons (Fsp3) is 0.417. The molecular formula is C12H17NO2. The van der Waals surface area contributed by atoms with Gasteiger partial charge in [0.05, 0.1) is 6.61 Å². The molecule has 0 aliphatic carbocycles. The van der Waals surface area contributed by atoms with E-state index in [-0.39, 0.29) is 18.6 Å². The molecule has 3 nitrogen and oxygen atoms in total. The van der Waals surface area contributed by atoms with E-state index in [0.29, 0.717) is 5.56 Å². The van der Waals surface area contributed by atoms with Gasteiger partial charge in [-0.05, 0) is 32.4 Å². The summed E-state index contributed by atoms with van der Waals surface area (Å²) in [6, 6.07) is 5.54. The lowest BCUT2D eigenvalue weighted by molar-refractivity contribution is 0.0921. The Labute approximate surface area is 90.1 Å². The average molecular weight is 207 g/mol. The van der Waals surface area contributed by atoms with E-state index in [1.807, 2.05) is 32.0 Å². The molecule has 82 valence electrons. The van der Waals surface area contributed by atoms with Crippen molar-refractivity contribution in [1.82, 2.24) is 5.32 Å². The molecule has 15 heavy (non-hydrogen) atoms. The third-order valence-corrected chi connectivity index (χ3v) is 2.29. The van der Waals surface area contributed by atoms with Gasteiger partial charge < -0.3 is 10.4 Å². The van der Waals surface area contributed by atoms with Crippen molar-refractivity contribution in [3.05, 3.63) is 34.9 Å². The SMILES string of the molecule is Cc1ccc(C)c(C(=O)NC(C)CO)c1. The van der Waals surface area contributed by atoms with Crippen LogP contribution in [0.2, 0.25) is 0 Å². The normalized spacial score (nSPS) is 12.3. The number of hydrogen-bond acceptors (Lipinski definition) is 2. The highest BCUT2D eigenvalue weighted by Gasteiger charge is 2.11. The zero-order valence-corrected chi connectivity index (χ0v) is 9.37. The number of rotatable bonds is 3. The van der Waals surface area contributed by atoms with Crippen LogP contribution in [0.4, 0.5) is 0 Å². The second-order valence-electron chi connectivity index (χ2n) is 3.88. The molecule has 0 bridgehead atoms. The Hall–Kier alpha value is -1.35. The Balaban J connectivity index is 2.86. The van der Waals surface area contributed by atoms with E-state index in [1.54, 1.807) is 6.92 Å². The third-order valence-electron chi connectivity index (χ3n) is 2.29. The van der Waals surface area contributed by atoms with Crippen molar-refractivity contribution in [2.24, 2.45) is 0 Å². The van der Waals surface area contributed by atoms with Gasteiger partial charge in [-0.15, -0.1) is 0 Å². The smallest absolute Gasteiger partial charge is 0.251 e. The summed E-state index contributed by atoms with van der Waals surface area (Å²) in [5.41, 5.74) is 2.68. The number of aliphatic hydroxyl groups is 1. The highest BCUT2D eigenvalue weighted by atomic mass is 16.3. The maximum atomic E-state index is 11.8. The van der Waals surface area contributed by atoms with E-state index < -0.39 is 0 Å². The van der Waals surface area contributed by atoms with Gasteiger partial charge in [0.1, 0.15) is 0 Å². The lowest BCUT2D eigenvalue weighted by Crippen LogP contribution is -2.35. The van der Waals surface area contributed by atoms with E-state index in [2.05, 4.69) is 5.32 Å². The van der Waals surface area contributed by atoms with Crippen molar-refractivity contribution in [3.8, 4) is 0 Å². The van der Waals surface area contributed by atoms with Gasteiger partial charge in [0.15, 0.2) is 0 Å². The Morgan fingerprint density at radius 2 is 2.13 bits per heavy atom. The Morgan fingerprint density at radius 1 is 1.47 bits per heavy atom. The van der Waals surface area contributed by atoms with Gasteiger partial charge in [-0.25, -0.2) is 0 Å². The number of carbonyl (C=O) groups excluding carboxylic acids is 1. The lowest BCUT2D eigenvalue weighted by atomic mass is 10.0. The summed E-state index contributed by atoms with van der Waals surface area (Å²) in [5, 5.41) is 11.6. The van der Waals surface area contributed by atoms with Crippen molar-refractivity contribution >= 4 is 5.91 Å². The molecule has 0 heterocycles. The molecule has 0 spiro atoms. The summed E-state index contributed by atoms with van der Waals surface area (Å²) in [7, 11) is 0. The van der Waals surface area contributed by atoms with Gasteiger partial charge in [0.25, 0.3) is 5.91 Å². The quantitative estimate of drug-likeness (QED) is 0.787. The van der Waals surface area contributed by atoms with Gasteiger partial charge in [-0.3, -0.25) is 4.79 Å². The summed E-state index contributed by atoms with van der Waals surface area (Å²) in [5.74, 6) is -0.127. The van der Waals surface area contributed by atoms with Crippen molar-refractivity contribution in [2.45, 2.75) is 26.8 Å². The van der Waals surface area contributed by atoms with Crippen LogP contribution in [0, 0.1) is 13.8 Å². The maximum Gasteiger partial charge on any atom is 0.251 e. The third kappa shape index (κ3) is 3.06. The minimum absolute atomic E-state index is 0.0450. The Bertz CT molecular complexity index is 361. The fourth-order valence-electron chi connectivity index (χ4n) is 1.33. The molecule has 0 saturated carbocycles. The number of hydrogen-bond donors (Lipinski definition) is 2. The van der Waals surface area contributed by atoms with Gasteiger partial charge >= 0.3 is 0 Å². The van der Waals surface area contributed by atoms with Crippen LogP contribution >= 0.6 is 0 Å². The molecule has 0 fully saturated rings. The molecule has 0 saturated heterocycles. The average Bonchev–Trinajstić information content (AvgIpc) is 2.21. The molecule has 0 aliphatic rings. The summed E-state index contributed by atoms with van der Waals surface area (Å²) in [6.45, 7) is 5.57. The highest BCUT2D eigenvalue weighted by molar-refractivity contribution is 5.95. The first-order chi connectivity index (χ1) is 7.04. The van der Waals surface area contributed by atoms with Gasteiger partial charge in [0.2, 0.25) is 0 Å². The first kappa shape index (κ1) is 11.7. The van der Waals surface area contributed by atoms with Crippen LogP contribution in [0.15, 0.2) is 18.2 Å². The first-order valence-corrected chi connectivity index (χ1v) is 5.03. The van der Waals surface area contributed by atoms with E-state index in [9.17, 15) is 4.79 Å². The number of nitrogens with one attached hydrogen (secondary N) is 1. The molecule has 0 aromatic heterocycles. The predicted octanol–water partition coefficient (Wildman–Crippen LogP) is 1.41. The maximum absolute atomic E-state index is 11.8. The van der Waals surface area contributed by atoms with Gasteiger partial charge in [-0.1, -0.05) is 17.7 Å². The van der Waals surface area contributed by atoms with Crippen LogP contribution in [0.5, 0.6) is 0 Å². The van der Waals surface area contributed by atoms with E-state index in [0.717, 1.165) is 11.1 Å². The lowest BCUT2D eigenvalue weighted by Gasteiger charge is -2.12. The molecule has 1 unspecified atom stereocenters. The highest BCUT2D eigenvalue weighted by Crippen LogP contribution is 2.10. The minimum Gasteiger partial charge on any atom is -0.394 e.